The van der Waals surface area contributed by atoms with Gasteiger partial charge in [0.25, 0.3) is 0 Å². The van der Waals surface area contributed by atoms with E-state index in [1.807, 2.05) is 0 Å². The maximum absolute atomic E-state index is 9.28. The molecule has 0 atom stereocenters. The summed E-state index contributed by atoms with van der Waals surface area (Å²) in [6.45, 7) is 0. The second-order valence-corrected chi connectivity index (χ2v) is 0.600. The number of carboxylic acids is 1. The van der Waals surface area contributed by atoms with Crippen LogP contribution in [0, 0.1) is 0 Å². The summed E-state index contributed by atoms with van der Waals surface area (Å²) >= 11 is 0. The molecule has 0 saturated heterocycles. The van der Waals surface area contributed by atoms with Crippen molar-refractivity contribution in [3.63, 3.8) is 0 Å². The fourth-order valence-electron chi connectivity index (χ4n) is 0.0504. The summed E-state index contributed by atoms with van der Waals surface area (Å²) < 4.78 is 0. The van der Waals surface area contributed by atoms with Crippen molar-refractivity contribution < 1.29 is 35.1 Å². The fourth-order valence-corrected chi connectivity index (χ4v) is 0.0504. The maximum atomic E-state index is 9.28. The van der Waals surface area contributed by atoms with E-state index >= 15 is 0 Å². The van der Waals surface area contributed by atoms with Crippen LogP contribution in [0.2, 0.25) is 0 Å². The van der Waals surface area contributed by atoms with Gasteiger partial charge in [0.05, 0.1) is 0 Å². The molecule has 0 unspecified atom stereocenters. The number of hydrogen-bond donors (Lipinski definition) is 1. The Morgan fingerprint density at radius 3 is 2.14 bits per heavy atom. The molecule has 1 N–H and O–H groups in total. The Bertz CT molecular complexity index is 103. The number of hydrogen-bond acceptors (Lipinski definition) is 2. The van der Waals surface area contributed by atoms with Crippen molar-refractivity contribution in [2.75, 3.05) is 0 Å². The number of carbonyl (C=O) groups is 1. The fraction of sp³-hybridized carbons (Fsp3) is 0. The first kappa shape index (κ1) is 9.77. The summed E-state index contributed by atoms with van der Waals surface area (Å²) in [7, 11) is 0. The monoisotopic (exact) mass is 192 g/mol. The van der Waals surface area contributed by atoms with Crippen LogP contribution >= 0.6 is 0 Å². The summed E-state index contributed by atoms with van der Waals surface area (Å²) in [6.07, 6.45) is 0.403. The van der Waals surface area contributed by atoms with Crippen LogP contribution in [-0.2, 0) is 30.0 Å². The molecule has 0 aliphatic heterocycles. The standard InChI is InChI=1S/C3H2O3.Pd/c4-2-1-3(5)6;/h1H,(H,5,6);. The van der Waals surface area contributed by atoms with Gasteiger partial charge in [0, 0.05) is 20.4 Å². The van der Waals surface area contributed by atoms with E-state index in [-0.39, 0.29) is 20.4 Å². The van der Waals surface area contributed by atoms with Crippen LogP contribution in [0.1, 0.15) is 0 Å². The second kappa shape index (κ2) is 5.58. The smallest absolute Gasteiger partial charge is 0.339 e. The van der Waals surface area contributed by atoms with Gasteiger partial charge < -0.3 is 5.11 Å². The molecule has 4 heteroatoms. The van der Waals surface area contributed by atoms with Crippen LogP contribution in [0.25, 0.3) is 0 Å². The maximum Gasteiger partial charge on any atom is 0.339 e. The second-order valence-electron chi connectivity index (χ2n) is 0.600. The molecule has 0 aromatic heterocycles. The molecular formula is C3H2O3Pd. The molecule has 7 heavy (non-hydrogen) atoms. The van der Waals surface area contributed by atoms with Crippen LogP contribution < -0.4 is 0 Å². The van der Waals surface area contributed by atoms with Crippen molar-refractivity contribution in [3.8, 4) is 0 Å². The topological polar surface area (TPSA) is 54.4 Å². The van der Waals surface area contributed by atoms with Crippen LogP contribution in [0.15, 0.2) is 6.08 Å². The largest absolute Gasteiger partial charge is 0.478 e. The Hall–Kier alpha value is -0.418. The molecule has 0 aliphatic carbocycles. The van der Waals surface area contributed by atoms with Gasteiger partial charge in [0.1, 0.15) is 12.0 Å². The molecule has 0 aromatic rings. The van der Waals surface area contributed by atoms with Crippen molar-refractivity contribution in [3.05, 3.63) is 6.08 Å². The molecule has 3 nitrogen and oxygen atoms in total. The van der Waals surface area contributed by atoms with Crippen LogP contribution in [-0.4, -0.2) is 17.0 Å². The first-order valence-electron chi connectivity index (χ1n) is 1.21. The molecule has 0 rings (SSSR count). The van der Waals surface area contributed by atoms with Crippen LogP contribution in [0.3, 0.4) is 0 Å². The Balaban J connectivity index is 0. The molecule has 0 aromatic carbocycles. The van der Waals surface area contributed by atoms with E-state index in [9.17, 15) is 4.79 Å². The average molecular weight is 192 g/mol. The van der Waals surface area contributed by atoms with E-state index < -0.39 is 5.97 Å². The average Bonchev–Trinajstić information content (AvgIpc) is 1.35. The van der Waals surface area contributed by atoms with Gasteiger partial charge in [-0.1, -0.05) is 0 Å². The molecular weight excluding hydrogens is 190 g/mol. The minimum Gasteiger partial charge on any atom is -0.478 e. The predicted octanol–water partition coefficient (Wildman–Crippen LogP) is -0.544. The molecule has 0 spiro atoms. The number of carboxylic acid groups (broad SMARTS) is 1. The third-order valence-electron chi connectivity index (χ3n) is 0.182. The van der Waals surface area contributed by atoms with E-state index in [1.54, 1.807) is 0 Å². The van der Waals surface area contributed by atoms with Crippen molar-refractivity contribution in [2.24, 2.45) is 0 Å². The Morgan fingerprint density at radius 1 is 1.71 bits per heavy atom. The van der Waals surface area contributed by atoms with Crippen molar-refractivity contribution in [1.82, 2.24) is 0 Å². The van der Waals surface area contributed by atoms with E-state index in [1.165, 1.54) is 0 Å². The van der Waals surface area contributed by atoms with Crippen LogP contribution in [0.5, 0.6) is 0 Å². The van der Waals surface area contributed by atoms with E-state index in [0.29, 0.717) is 6.08 Å². The number of aliphatic carboxylic acids is 1. The molecule has 0 fully saturated rings. The quantitative estimate of drug-likeness (QED) is 0.345. The molecule has 0 amide bonds. The van der Waals surface area contributed by atoms with Crippen molar-refractivity contribution in [2.45, 2.75) is 0 Å². The molecule has 0 bridgehead atoms. The Labute approximate surface area is 53.7 Å². The van der Waals surface area contributed by atoms with Gasteiger partial charge in [0.2, 0.25) is 0 Å². The van der Waals surface area contributed by atoms with Gasteiger partial charge in [-0.05, 0) is 0 Å². The third kappa shape index (κ3) is 10.7. The molecule has 0 radical (unpaired) electrons. The molecule has 0 aliphatic rings. The molecule has 0 heterocycles. The van der Waals surface area contributed by atoms with Gasteiger partial charge in [-0.2, -0.15) is 0 Å². The predicted molar refractivity (Wildman–Crippen MR) is 17.9 cm³/mol. The van der Waals surface area contributed by atoms with Crippen LogP contribution in [0.4, 0.5) is 0 Å². The Kier molecular flexibility index (Phi) is 7.79. The first-order chi connectivity index (χ1) is 2.77. The van der Waals surface area contributed by atoms with Crippen molar-refractivity contribution >= 4 is 11.9 Å². The zero-order valence-electron chi connectivity index (χ0n) is 3.16. The summed E-state index contributed by atoms with van der Waals surface area (Å²) in [4.78, 5) is 18.3. The summed E-state index contributed by atoms with van der Waals surface area (Å²) in [6, 6.07) is 0. The summed E-state index contributed by atoms with van der Waals surface area (Å²) in [5, 5.41) is 7.60. The number of rotatable bonds is 1. The van der Waals surface area contributed by atoms with Gasteiger partial charge in [-0.15, -0.1) is 0 Å². The van der Waals surface area contributed by atoms with Gasteiger partial charge in [-0.3, -0.25) is 0 Å². The molecule has 42 valence electrons. The van der Waals surface area contributed by atoms with Gasteiger partial charge in [0.15, 0.2) is 0 Å². The van der Waals surface area contributed by atoms with Crippen molar-refractivity contribution in [1.29, 1.82) is 0 Å². The number of carbonyl (C=O) groups excluding carboxylic acids is 1. The zero-order valence-corrected chi connectivity index (χ0v) is 4.71. The van der Waals surface area contributed by atoms with Gasteiger partial charge in [-0.25, -0.2) is 9.59 Å². The summed E-state index contributed by atoms with van der Waals surface area (Å²) in [5.74, 6) is -0.167. The molecule has 0 saturated carbocycles. The Morgan fingerprint density at radius 2 is 2.14 bits per heavy atom. The normalized spacial score (nSPS) is 5.14. The first-order valence-corrected chi connectivity index (χ1v) is 1.21. The van der Waals surface area contributed by atoms with E-state index in [4.69, 9.17) is 9.90 Å². The SMILES string of the molecule is O=C=CC(=O)O.[Pd]. The summed E-state index contributed by atoms with van der Waals surface area (Å²) in [5.41, 5.74) is 0. The third-order valence-corrected chi connectivity index (χ3v) is 0.182. The van der Waals surface area contributed by atoms with Gasteiger partial charge >= 0.3 is 5.97 Å². The van der Waals surface area contributed by atoms with E-state index in [0.717, 1.165) is 5.94 Å². The minimum absolute atomic E-state index is 0. The minimum atomic E-state index is -1.26. The zero-order chi connectivity index (χ0) is 4.99. The van der Waals surface area contributed by atoms with E-state index in [2.05, 4.69) is 0 Å².